The molecule has 2 aromatic rings. The Balaban J connectivity index is 1.99. The fraction of sp³-hybridized carbons (Fsp3) is 0.400. The summed E-state index contributed by atoms with van der Waals surface area (Å²) in [4.78, 5) is 17.8. The lowest BCUT2D eigenvalue weighted by atomic mass is 10.1. The highest BCUT2D eigenvalue weighted by molar-refractivity contribution is 7.39. The number of amidine groups is 1. The Kier molecular flexibility index (Phi) is 6.14. The number of nitrogens with one attached hydrogen (secondary N) is 2. The number of hydrogen-bond donors (Lipinski definition) is 7. The highest BCUT2D eigenvalue weighted by atomic mass is 32.1. The van der Waals surface area contributed by atoms with Crippen LogP contribution in [0, 0.1) is 5.41 Å². The van der Waals surface area contributed by atoms with Crippen LogP contribution in [0.15, 0.2) is 23.0 Å². The van der Waals surface area contributed by atoms with E-state index < -0.39 is 33.1 Å². The normalized spacial score (nSPS) is 25.3. The number of anilines is 1. The van der Waals surface area contributed by atoms with Crippen LogP contribution in [0.2, 0.25) is 0 Å². The van der Waals surface area contributed by atoms with Crippen LogP contribution in [0.1, 0.15) is 11.8 Å². The first-order valence-corrected chi connectivity index (χ1v) is 10.1. The molecular formula is C15H21N4O6PS. The van der Waals surface area contributed by atoms with E-state index >= 15 is 0 Å². The van der Waals surface area contributed by atoms with Crippen LogP contribution in [0.4, 0.5) is 5.82 Å². The van der Waals surface area contributed by atoms with Crippen LogP contribution in [-0.4, -0.2) is 62.4 Å². The van der Waals surface area contributed by atoms with E-state index in [1.165, 1.54) is 11.3 Å². The molecule has 0 spiro atoms. The van der Waals surface area contributed by atoms with E-state index in [4.69, 9.17) is 30.2 Å². The number of hydrogen-bond acceptors (Lipinski definition) is 9. The molecule has 27 heavy (non-hydrogen) atoms. The predicted molar refractivity (Wildman–Crippen MR) is 102 cm³/mol. The van der Waals surface area contributed by atoms with Crippen molar-refractivity contribution in [2.45, 2.75) is 24.5 Å². The Labute approximate surface area is 160 Å². The standard InChI is InChI=1S/C15H21N4O6PS/c1-18-14-10(13(16)17)8(7-2-3-27-6-7)4-19(14)15-12(21)11(20)9(25-15)5-24-26(22)23/h2-4,6,9,11-12,15,18,20-23H,5H2,1H3,(H3,16,17). The molecule has 0 bridgehead atoms. The highest BCUT2D eigenvalue weighted by Gasteiger charge is 2.45. The topological polar surface area (TPSA) is 166 Å². The lowest BCUT2D eigenvalue weighted by Crippen LogP contribution is -2.33. The van der Waals surface area contributed by atoms with E-state index in [9.17, 15) is 10.2 Å². The van der Waals surface area contributed by atoms with Crippen LogP contribution in [-0.2, 0) is 9.26 Å². The molecule has 8 N–H and O–H groups in total. The maximum absolute atomic E-state index is 10.5. The van der Waals surface area contributed by atoms with Crippen molar-refractivity contribution >= 4 is 31.6 Å². The van der Waals surface area contributed by atoms with Crippen molar-refractivity contribution in [3.63, 3.8) is 0 Å². The number of aromatic nitrogens is 1. The van der Waals surface area contributed by atoms with Crippen LogP contribution in [0.25, 0.3) is 11.1 Å². The number of nitrogens with zero attached hydrogens (tertiary/aromatic N) is 1. The molecule has 4 atom stereocenters. The molecule has 1 aliphatic rings. The molecule has 1 fully saturated rings. The first kappa shape index (κ1) is 20.2. The summed E-state index contributed by atoms with van der Waals surface area (Å²) in [5, 5.41) is 35.4. The van der Waals surface area contributed by atoms with Crippen molar-refractivity contribution in [2.75, 3.05) is 19.0 Å². The Bertz CT molecular complexity index is 799. The van der Waals surface area contributed by atoms with Crippen molar-refractivity contribution in [1.29, 1.82) is 5.41 Å². The smallest absolute Gasteiger partial charge is 0.327 e. The van der Waals surface area contributed by atoms with Gasteiger partial charge in [-0.25, -0.2) is 0 Å². The minimum atomic E-state index is -2.60. The van der Waals surface area contributed by atoms with Crippen LogP contribution in [0.5, 0.6) is 0 Å². The molecular weight excluding hydrogens is 395 g/mol. The van der Waals surface area contributed by atoms with Gasteiger partial charge in [0.05, 0.1) is 12.2 Å². The van der Waals surface area contributed by atoms with Crippen molar-refractivity contribution in [1.82, 2.24) is 4.57 Å². The molecule has 0 aliphatic carbocycles. The first-order chi connectivity index (χ1) is 12.8. The molecule has 12 heteroatoms. The first-order valence-electron chi connectivity index (χ1n) is 7.97. The van der Waals surface area contributed by atoms with Gasteiger partial charge in [-0.1, -0.05) is 0 Å². The SMILES string of the molecule is CNc1c(C(=N)N)c(-c2ccsc2)cn1C1OC(COP(O)O)C(O)C1O. The number of nitrogen functional groups attached to an aromatic ring is 1. The minimum absolute atomic E-state index is 0.154. The van der Waals surface area contributed by atoms with Crippen molar-refractivity contribution in [3.8, 4) is 11.1 Å². The van der Waals surface area contributed by atoms with Crippen molar-refractivity contribution in [3.05, 3.63) is 28.6 Å². The zero-order valence-electron chi connectivity index (χ0n) is 14.3. The molecule has 2 aromatic heterocycles. The lowest BCUT2D eigenvalue weighted by Gasteiger charge is -2.20. The van der Waals surface area contributed by atoms with E-state index in [1.54, 1.807) is 17.8 Å². The van der Waals surface area contributed by atoms with Crippen LogP contribution in [0.3, 0.4) is 0 Å². The maximum Gasteiger partial charge on any atom is 0.327 e. The average Bonchev–Trinajstić information content (AvgIpc) is 3.32. The second-order valence-corrected chi connectivity index (χ2v) is 7.49. The molecule has 3 heterocycles. The minimum Gasteiger partial charge on any atom is -0.387 e. The molecule has 10 nitrogen and oxygen atoms in total. The van der Waals surface area contributed by atoms with E-state index in [2.05, 4.69) is 5.32 Å². The third-order valence-corrected chi connectivity index (χ3v) is 5.40. The van der Waals surface area contributed by atoms with Crippen LogP contribution >= 0.6 is 19.9 Å². The van der Waals surface area contributed by atoms with Crippen molar-refractivity contribution < 1.29 is 29.3 Å². The Morgan fingerprint density at radius 1 is 1.44 bits per heavy atom. The van der Waals surface area contributed by atoms with E-state index in [-0.39, 0.29) is 12.4 Å². The zero-order chi connectivity index (χ0) is 19.7. The summed E-state index contributed by atoms with van der Waals surface area (Å²) >= 11 is 1.50. The Morgan fingerprint density at radius 3 is 2.74 bits per heavy atom. The molecule has 148 valence electrons. The molecule has 0 amide bonds. The quantitative estimate of drug-likeness (QED) is 0.193. The Morgan fingerprint density at radius 2 is 2.19 bits per heavy atom. The summed E-state index contributed by atoms with van der Waals surface area (Å²) in [7, 11) is -0.946. The molecule has 0 aromatic carbocycles. The van der Waals surface area contributed by atoms with Gasteiger partial charge in [-0.3, -0.25) is 5.41 Å². The molecule has 1 aliphatic heterocycles. The second kappa shape index (κ2) is 8.21. The summed E-state index contributed by atoms with van der Waals surface area (Å²) in [5.74, 6) is 0.298. The number of thiophene rings is 1. The number of rotatable bonds is 7. The number of aliphatic hydroxyl groups is 2. The van der Waals surface area contributed by atoms with Gasteiger partial charge in [-0.05, 0) is 22.4 Å². The third kappa shape index (κ3) is 3.86. The molecule has 0 radical (unpaired) electrons. The molecule has 3 rings (SSSR count). The van der Waals surface area contributed by atoms with Gasteiger partial charge >= 0.3 is 8.60 Å². The van der Waals surface area contributed by atoms with Gasteiger partial charge in [0, 0.05) is 18.8 Å². The van der Waals surface area contributed by atoms with Gasteiger partial charge < -0.3 is 44.9 Å². The van der Waals surface area contributed by atoms with Crippen molar-refractivity contribution in [2.24, 2.45) is 5.73 Å². The van der Waals surface area contributed by atoms with Gasteiger partial charge in [-0.15, -0.1) is 0 Å². The number of aliphatic hydroxyl groups excluding tert-OH is 2. The van der Waals surface area contributed by atoms with Gasteiger partial charge in [0.15, 0.2) is 6.23 Å². The van der Waals surface area contributed by atoms with E-state index in [0.717, 1.165) is 5.56 Å². The molecule has 0 saturated carbocycles. The molecule has 4 unspecified atom stereocenters. The van der Waals surface area contributed by atoms with Gasteiger partial charge in [-0.2, -0.15) is 11.3 Å². The second-order valence-electron chi connectivity index (χ2n) is 5.94. The maximum atomic E-state index is 10.5. The fourth-order valence-electron chi connectivity index (χ4n) is 3.13. The Hall–Kier alpha value is -1.56. The van der Waals surface area contributed by atoms with Crippen LogP contribution < -0.4 is 11.1 Å². The van der Waals surface area contributed by atoms with Gasteiger partial charge in [0.2, 0.25) is 0 Å². The third-order valence-electron chi connectivity index (χ3n) is 4.34. The average molecular weight is 416 g/mol. The monoisotopic (exact) mass is 416 g/mol. The predicted octanol–water partition coefficient (Wildman–Crippen LogP) is 0.390. The summed E-state index contributed by atoms with van der Waals surface area (Å²) < 4.78 is 12.0. The lowest BCUT2D eigenvalue weighted by molar-refractivity contribution is -0.0490. The number of nitrogens with two attached hydrogens (primary N) is 1. The summed E-state index contributed by atoms with van der Waals surface area (Å²) in [6.45, 7) is -0.291. The van der Waals surface area contributed by atoms with E-state index in [0.29, 0.717) is 16.9 Å². The summed E-state index contributed by atoms with van der Waals surface area (Å²) in [6, 6.07) is 1.89. The molecule has 1 saturated heterocycles. The largest absolute Gasteiger partial charge is 0.387 e. The number of ether oxygens (including phenoxy) is 1. The fourth-order valence-corrected chi connectivity index (χ4v) is 4.06. The van der Waals surface area contributed by atoms with E-state index in [1.807, 2.05) is 16.8 Å². The van der Waals surface area contributed by atoms with Gasteiger partial charge in [0.1, 0.15) is 30.0 Å². The summed E-state index contributed by atoms with van der Waals surface area (Å²) in [6.07, 6.45) is -2.82. The zero-order valence-corrected chi connectivity index (χ0v) is 16.0. The highest BCUT2D eigenvalue weighted by Crippen LogP contribution is 2.39. The van der Waals surface area contributed by atoms with Gasteiger partial charge in [0.25, 0.3) is 0 Å². The summed E-state index contributed by atoms with van der Waals surface area (Å²) in [5.41, 5.74) is 7.79.